The minimum atomic E-state index is -0.497. The van der Waals surface area contributed by atoms with Crippen molar-refractivity contribution in [2.45, 2.75) is 44.8 Å². The molecule has 1 amide bonds. The Kier molecular flexibility index (Phi) is 3.56. The summed E-state index contributed by atoms with van der Waals surface area (Å²) < 4.78 is 7.47. The fraction of sp³-hybridized carbons (Fsp3) is 0.667. The minimum absolute atomic E-state index is 0.0951. The second-order valence-corrected chi connectivity index (χ2v) is 4.91. The molecule has 0 saturated heterocycles. The number of carbonyl (C=O) groups is 1. The molecule has 2 rings (SSSR count). The van der Waals surface area contributed by atoms with Gasteiger partial charge in [-0.2, -0.15) is 5.10 Å². The standard InChI is InChI=1S/C12H20N4O2/c1-7-10(11(14)17)12(16(2)15-7)18-9-5-3-8(13)4-6-9/h8-9H,3-6,13H2,1-2H3,(H2,14,17). The first-order valence-corrected chi connectivity index (χ1v) is 6.24. The summed E-state index contributed by atoms with van der Waals surface area (Å²) in [4.78, 5) is 11.4. The molecule has 1 aliphatic carbocycles. The number of rotatable bonds is 3. The highest BCUT2D eigenvalue weighted by molar-refractivity contribution is 5.96. The summed E-state index contributed by atoms with van der Waals surface area (Å²) in [6, 6.07) is 0.272. The maximum Gasteiger partial charge on any atom is 0.256 e. The predicted molar refractivity (Wildman–Crippen MR) is 67.3 cm³/mol. The van der Waals surface area contributed by atoms with Crippen LogP contribution in [0.5, 0.6) is 5.88 Å². The number of nitrogens with zero attached hydrogens (tertiary/aromatic N) is 2. The van der Waals surface area contributed by atoms with Crippen molar-refractivity contribution in [3.8, 4) is 5.88 Å². The van der Waals surface area contributed by atoms with Crippen LogP contribution in [-0.2, 0) is 7.05 Å². The Hall–Kier alpha value is -1.56. The van der Waals surface area contributed by atoms with E-state index in [1.165, 1.54) is 0 Å². The van der Waals surface area contributed by atoms with Crippen LogP contribution in [0.4, 0.5) is 0 Å². The molecule has 18 heavy (non-hydrogen) atoms. The summed E-state index contributed by atoms with van der Waals surface area (Å²) in [6.45, 7) is 1.75. The SMILES string of the molecule is Cc1nn(C)c(OC2CCC(N)CC2)c1C(N)=O. The topological polar surface area (TPSA) is 96.2 Å². The van der Waals surface area contributed by atoms with Crippen molar-refractivity contribution in [1.29, 1.82) is 0 Å². The van der Waals surface area contributed by atoms with Crippen molar-refractivity contribution in [3.63, 3.8) is 0 Å². The van der Waals surface area contributed by atoms with Gasteiger partial charge in [-0.1, -0.05) is 0 Å². The number of ether oxygens (including phenoxy) is 1. The Labute approximate surface area is 106 Å². The maximum atomic E-state index is 11.4. The van der Waals surface area contributed by atoms with E-state index in [1.54, 1.807) is 18.7 Å². The van der Waals surface area contributed by atoms with Gasteiger partial charge in [-0.3, -0.25) is 4.79 Å². The zero-order valence-electron chi connectivity index (χ0n) is 10.8. The summed E-state index contributed by atoms with van der Waals surface area (Å²) in [7, 11) is 1.75. The summed E-state index contributed by atoms with van der Waals surface area (Å²) in [5.74, 6) is -0.0245. The Morgan fingerprint density at radius 1 is 1.39 bits per heavy atom. The molecule has 1 fully saturated rings. The van der Waals surface area contributed by atoms with Gasteiger partial charge in [0.1, 0.15) is 11.7 Å². The number of nitrogens with two attached hydrogens (primary N) is 2. The molecule has 0 aliphatic heterocycles. The fourth-order valence-corrected chi connectivity index (χ4v) is 2.42. The first-order chi connectivity index (χ1) is 8.49. The Bertz CT molecular complexity index is 447. The highest BCUT2D eigenvalue weighted by atomic mass is 16.5. The van der Waals surface area contributed by atoms with Crippen LogP contribution in [0.1, 0.15) is 41.7 Å². The maximum absolute atomic E-state index is 11.4. The first kappa shape index (κ1) is 12.9. The van der Waals surface area contributed by atoms with Gasteiger partial charge >= 0.3 is 0 Å². The van der Waals surface area contributed by atoms with Gasteiger partial charge < -0.3 is 16.2 Å². The molecule has 0 bridgehead atoms. The Balaban J connectivity index is 2.16. The second kappa shape index (κ2) is 4.97. The molecule has 6 nitrogen and oxygen atoms in total. The molecular weight excluding hydrogens is 232 g/mol. The number of aryl methyl sites for hydroxylation is 2. The lowest BCUT2D eigenvalue weighted by Gasteiger charge is -2.26. The molecular formula is C12H20N4O2. The van der Waals surface area contributed by atoms with Gasteiger partial charge in [0, 0.05) is 13.1 Å². The molecule has 0 aromatic carbocycles. The van der Waals surface area contributed by atoms with Gasteiger partial charge in [0.15, 0.2) is 0 Å². The molecule has 4 N–H and O–H groups in total. The zero-order chi connectivity index (χ0) is 13.3. The highest BCUT2D eigenvalue weighted by Crippen LogP contribution is 2.26. The van der Waals surface area contributed by atoms with Crippen LogP contribution < -0.4 is 16.2 Å². The second-order valence-electron chi connectivity index (χ2n) is 4.91. The van der Waals surface area contributed by atoms with Crippen LogP contribution in [-0.4, -0.2) is 27.8 Å². The lowest BCUT2D eigenvalue weighted by molar-refractivity contribution is 0.0981. The minimum Gasteiger partial charge on any atom is -0.474 e. The quantitative estimate of drug-likeness (QED) is 0.817. The normalized spacial score (nSPS) is 23.9. The third-order valence-corrected chi connectivity index (χ3v) is 3.41. The van der Waals surface area contributed by atoms with Crippen LogP contribution >= 0.6 is 0 Å². The molecule has 1 aliphatic rings. The van der Waals surface area contributed by atoms with Crippen molar-refractivity contribution in [2.24, 2.45) is 18.5 Å². The lowest BCUT2D eigenvalue weighted by atomic mass is 9.94. The summed E-state index contributed by atoms with van der Waals surface area (Å²) in [6.07, 6.45) is 3.81. The molecule has 1 heterocycles. The van der Waals surface area contributed by atoms with Crippen LogP contribution in [0.25, 0.3) is 0 Å². The van der Waals surface area contributed by atoms with Crippen LogP contribution in [0.15, 0.2) is 0 Å². The van der Waals surface area contributed by atoms with Crippen molar-refractivity contribution in [2.75, 3.05) is 0 Å². The third-order valence-electron chi connectivity index (χ3n) is 3.41. The van der Waals surface area contributed by atoms with Crippen LogP contribution in [0, 0.1) is 6.92 Å². The van der Waals surface area contributed by atoms with E-state index in [9.17, 15) is 4.79 Å². The van der Waals surface area contributed by atoms with E-state index in [2.05, 4.69) is 5.10 Å². The molecule has 100 valence electrons. The number of hydrogen-bond donors (Lipinski definition) is 2. The molecule has 0 spiro atoms. The summed E-state index contributed by atoms with van der Waals surface area (Å²) in [5.41, 5.74) is 12.2. The van der Waals surface area contributed by atoms with Crippen molar-refractivity contribution in [3.05, 3.63) is 11.3 Å². The van der Waals surface area contributed by atoms with E-state index in [-0.39, 0.29) is 12.1 Å². The predicted octanol–water partition coefficient (Wildman–Crippen LogP) is 0.476. The van der Waals surface area contributed by atoms with E-state index in [4.69, 9.17) is 16.2 Å². The molecule has 1 aromatic heterocycles. The molecule has 0 unspecified atom stereocenters. The number of primary amides is 1. The first-order valence-electron chi connectivity index (χ1n) is 6.24. The van der Waals surface area contributed by atoms with Crippen molar-refractivity contribution >= 4 is 5.91 Å². The Morgan fingerprint density at radius 3 is 2.56 bits per heavy atom. The number of carbonyl (C=O) groups excluding carboxylic acids is 1. The fourth-order valence-electron chi connectivity index (χ4n) is 2.42. The van der Waals surface area contributed by atoms with E-state index in [0.29, 0.717) is 17.1 Å². The van der Waals surface area contributed by atoms with Gasteiger partial charge in [0.2, 0.25) is 5.88 Å². The largest absolute Gasteiger partial charge is 0.474 e. The van der Waals surface area contributed by atoms with E-state index in [1.807, 2.05) is 0 Å². The van der Waals surface area contributed by atoms with Crippen LogP contribution in [0.2, 0.25) is 0 Å². The van der Waals surface area contributed by atoms with Gasteiger partial charge in [0.25, 0.3) is 5.91 Å². The zero-order valence-corrected chi connectivity index (χ0v) is 10.8. The molecule has 6 heteroatoms. The van der Waals surface area contributed by atoms with Gasteiger partial charge in [-0.05, 0) is 32.6 Å². The monoisotopic (exact) mass is 252 g/mol. The summed E-state index contributed by atoms with van der Waals surface area (Å²) >= 11 is 0. The van der Waals surface area contributed by atoms with E-state index < -0.39 is 5.91 Å². The van der Waals surface area contributed by atoms with Gasteiger partial charge in [-0.25, -0.2) is 4.68 Å². The van der Waals surface area contributed by atoms with Crippen molar-refractivity contribution < 1.29 is 9.53 Å². The number of amides is 1. The Morgan fingerprint density at radius 2 is 2.00 bits per heavy atom. The average Bonchev–Trinajstić information content (AvgIpc) is 2.57. The van der Waals surface area contributed by atoms with E-state index >= 15 is 0 Å². The average molecular weight is 252 g/mol. The van der Waals surface area contributed by atoms with Crippen LogP contribution in [0.3, 0.4) is 0 Å². The van der Waals surface area contributed by atoms with Gasteiger partial charge in [0.05, 0.1) is 5.69 Å². The molecule has 1 saturated carbocycles. The lowest BCUT2D eigenvalue weighted by Crippen LogP contribution is -2.32. The van der Waals surface area contributed by atoms with E-state index in [0.717, 1.165) is 25.7 Å². The van der Waals surface area contributed by atoms with Crippen molar-refractivity contribution in [1.82, 2.24) is 9.78 Å². The number of aromatic nitrogens is 2. The molecule has 0 radical (unpaired) electrons. The molecule has 0 atom stereocenters. The summed E-state index contributed by atoms with van der Waals surface area (Å²) in [5, 5.41) is 4.18. The highest BCUT2D eigenvalue weighted by Gasteiger charge is 2.25. The van der Waals surface area contributed by atoms with Gasteiger partial charge in [-0.15, -0.1) is 0 Å². The smallest absolute Gasteiger partial charge is 0.256 e. The molecule has 1 aromatic rings. The third kappa shape index (κ3) is 2.48. The number of hydrogen-bond acceptors (Lipinski definition) is 4.